The summed E-state index contributed by atoms with van der Waals surface area (Å²) in [6, 6.07) is 7.48. The highest BCUT2D eigenvalue weighted by molar-refractivity contribution is 6.45. The first-order valence-electron chi connectivity index (χ1n) is 8.53. The van der Waals surface area contributed by atoms with Gasteiger partial charge < -0.3 is 24.2 Å². The third kappa shape index (κ3) is 3.80. The summed E-state index contributed by atoms with van der Waals surface area (Å²) in [7, 11) is 0.502. The molecular weight excluding hydrogens is 323 g/mol. The van der Waals surface area contributed by atoms with Crippen molar-refractivity contribution in [3.8, 4) is 0 Å². The fraction of sp³-hybridized carbons (Fsp3) is 0.529. The third-order valence-corrected chi connectivity index (χ3v) is 4.91. The molecular formula is C17H23BN2O5. The lowest BCUT2D eigenvalue weighted by atomic mass is 9.84. The molecule has 0 radical (unpaired) electrons. The van der Waals surface area contributed by atoms with E-state index >= 15 is 0 Å². The number of carbonyl (C=O) groups is 2. The Morgan fingerprint density at radius 3 is 2.68 bits per heavy atom. The number of hydrogen-bond donors (Lipinski definition) is 1. The highest BCUT2D eigenvalue weighted by atomic mass is 16.6. The number of amides is 1. The third-order valence-electron chi connectivity index (χ3n) is 4.91. The molecule has 0 unspecified atom stereocenters. The van der Waals surface area contributed by atoms with E-state index in [0.29, 0.717) is 26.1 Å². The minimum absolute atomic E-state index is 0.313. The number of hydrogen-bond acceptors (Lipinski definition) is 6. The van der Waals surface area contributed by atoms with Gasteiger partial charge in [-0.15, -0.1) is 0 Å². The summed E-state index contributed by atoms with van der Waals surface area (Å²) >= 11 is 0. The molecule has 7 nitrogen and oxygen atoms in total. The van der Waals surface area contributed by atoms with Crippen molar-refractivity contribution in [1.29, 1.82) is 0 Å². The van der Waals surface area contributed by atoms with Gasteiger partial charge in [-0.3, -0.25) is 4.79 Å². The second-order valence-corrected chi connectivity index (χ2v) is 6.55. The molecule has 0 saturated carbocycles. The smallest absolute Gasteiger partial charge is 0.410 e. The fourth-order valence-electron chi connectivity index (χ4n) is 3.56. The highest BCUT2D eigenvalue weighted by Gasteiger charge is 2.42. The zero-order valence-corrected chi connectivity index (χ0v) is 14.6. The van der Waals surface area contributed by atoms with E-state index in [0.717, 1.165) is 12.0 Å². The van der Waals surface area contributed by atoms with Crippen LogP contribution in [0.25, 0.3) is 0 Å². The van der Waals surface area contributed by atoms with Crippen LogP contribution in [0.1, 0.15) is 17.5 Å². The van der Waals surface area contributed by atoms with E-state index in [-0.39, 0.29) is 6.09 Å². The number of ether oxygens (including phenoxy) is 2. The summed E-state index contributed by atoms with van der Waals surface area (Å²) in [6.45, 7) is 3.04. The summed E-state index contributed by atoms with van der Waals surface area (Å²) in [6.07, 6.45) is 0.313. The van der Waals surface area contributed by atoms with Crippen LogP contribution in [-0.4, -0.2) is 66.2 Å². The lowest BCUT2D eigenvalue weighted by Crippen LogP contribution is -2.45. The van der Waals surface area contributed by atoms with E-state index < -0.39 is 25.2 Å². The number of fused-ring (bicyclic) bond motifs is 1. The molecule has 1 fully saturated rings. The van der Waals surface area contributed by atoms with Gasteiger partial charge in [0.25, 0.3) is 0 Å². The van der Waals surface area contributed by atoms with Gasteiger partial charge in [-0.25, -0.2) is 4.79 Å². The van der Waals surface area contributed by atoms with Crippen molar-refractivity contribution in [2.45, 2.75) is 38.4 Å². The summed E-state index contributed by atoms with van der Waals surface area (Å²) < 4.78 is 10.4. The van der Waals surface area contributed by atoms with Gasteiger partial charge in [-0.1, -0.05) is 24.3 Å². The maximum atomic E-state index is 12.5. The van der Waals surface area contributed by atoms with Crippen molar-refractivity contribution >= 4 is 19.1 Å². The number of carbonyl (C=O) groups excluding carboxylic acids is 2. The molecule has 2 atom stereocenters. The Morgan fingerprint density at radius 2 is 2.00 bits per heavy atom. The zero-order valence-electron chi connectivity index (χ0n) is 14.6. The van der Waals surface area contributed by atoms with Gasteiger partial charge in [0.15, 0.2) is 0 Å². The summed E-state index contributed by atoms with van der Waals surface area (Å²) in [5.41, 5.74) is 2.40. The monoisotopic (exact) mass is 346 g/mol. The molecule has 1 N–H and O–H groups in total. The summed E-state index contributed by atoms with van der Waals surface area (Å²) in [5, 5.41) is 9.84. The Hall–Kier alpha value is -2.06. The largest absolute Gasteiger partial charge is 0.468 e. The van der Waals surface area contributed by atoms with Crippen molar-refractivity contribution in [2.75, 3.05) is 20.2 Å². The molecule has 8 heteroatoms. The highest BCUT2D eigenvalue weighted by Crippen LogP contribution is 2.24. The molecule has 1 aromatic carbocycles. The molecule has 2 aliphatic heterocycles. The molecule has 2 aliphatic rings. The number of benzene rings is 1. The van der Waals surface area contributed by atoms with Crippen molar-refractivity contribution in [3.05, 3.63) is 35.4 Å². The van der Waals surface area contributed by atoms with Crippen LogP contribution in [0.3, 0.4) is 0 Å². The molecule has 0 spiro atoms. The van der Waals surface area contributed by atoms with Crippen LogP contribution >= 0.6 is 0 Å². The van der Waals surface area contributed by atoms with E-state index in [4.69, 9.17) is 9.47 Å². The van der Waals surface area contributed by atoms with Crippen molar-refractivity contribution < 1.29 is 24.1 Å². The van der Waals surface area contributed by atoms with Crippen LogP contribution in [0, 0.1) is 0 Å². The quantitative estimate of drug-likeness (QED) is 0.647. The van der Waals surface area contributed by atoms with Gasteiger partial charge >= 0.3 is 19.1 Å². The van der Waals surface area contributed by atoms with Gasteiger partial charge in [0, 0.05) is 26.1 Å². The minimum atomic E-state index is -0.810. The maximum Gasteiger partial charge on any atom is 0.410 e. The van der Waals surface area contributed by atoms with Crippen LogP contribution < -0.4 is 0 Å². The SMILES string of the molecule is COC(=O)[C@@H]1C[C@H](OC(=O)N2CCc3ccccc3C2)CN1B(C)O. The van der Waals surface area contributed by atoms with E-state index in [9.17, 15) is 14.6 Å². The number of nitrogens with zero attached hydrogens (tertiary/aromatic N) is 2. The molecule has 0 bridgehead atoms. The first-order valence-corrected chi connectivity index (χ1v) is 8.53. The standard InChI is InChI=1S/C17H23BN2O5/c1-18(23)20-11-14(9-15(20)16(21)24-2)25-17(22)19-8-7-12-5-3-4-6-13(12)10-19/h3-6,14-15,23H,7-11H2,1-2H3/t14-,15-/m0/s1. The van der Waals surface area contributed by atoms with Crippen molar-refractivity contribution in [3.63, 3.8) is 0 Å². The molecule has 0 aromatic heterocycles. The van der Waals surface area contributed by atoms with E-state index in [1.807, 2.05) is 18.2 Å². The Kier molecular flexibility index (Phi) is 5.29. The second kappa shape index (κ2) is 7.45. The van der Waals surface area contributed by atoms with Crippen molar-refractivity contribution in [1.82, 2.24) is 9.71 Å². The fourth-order valence-corrected chi connectivity index (χ4v) is 3.56. The van der Waals surface area contributed by atoms with Gasteiger partial charge in [0.2, 0.25) is 0 Å². The zero-order chi connectivity index (χ0) is 18.0. The average Bonchev–Trinajstić information content (AvgIpc) is 3.04. The maximum absolute atomic E-state index is 12.5. The Balaban J connectivity index is 1.61. The van der Waals surface area contributed by atoms with Crippen LogP contribution in [0.15, 0.2) is 24.3 Å². The molecule has 1 aromatic rings. The Morgan fingerprint density at radius 1 is 1.28 bits per heavy atom. The van der Waals surface area contributed by atoms with Crippen LogP contribution in [0.4, 0.5) is 4.79 Å². The Labute approximate surface area is 147 Å². The summed E-state index contributed by atoms with van der Waals surface area (Å²) in [5.74, 6) is -0.425. The predicted molar refractivity (Wildman–Crippen MR) is 91.8 cm³/mol. The molecule has 3 rings (SSSR count). The molecule has 1 amide bonds. The first kappa shape index (κ1) is 17.8. The normalized spacial score (nSPS) is 23.1. The molecule has 1 saturated heterocycles. The van der Waals surface area contributed by atoms with Crippen LogP contribution in [0.5, 0.6) is 0 Å². The second-order valence-electron chi connectivity index (χ2n) is 6.55. The Bertz CT molecular complexity index is 654. The molecule has 134 valence electrons. The number of methoxy groups -OCH3 is 1. The minimum Gasteiger partial charge on any atom is -0.468 e. The van der Waals surface area contributed by atoms with E-state index in [1.165, 1.54) is 12.7 Å². The van der Waals surface area contributed by atoms with E-state index in [2.05, 4.69) is 6.07 Å². The van der Waals surface area contributed by atoms with E-state index in [1.54, 1.807) is 16.5 Å². The van der Waals surface area contributed by atoms with Gasteiger partial charge in [0.1, 0.15) is 12.1 Å². The number of rotatable bonds is 3. The predicted octanol–water partition coefficient (Wildman–Crippen LogP) is 0.907. The molecule has 0 aliphatic carbocycles. The topological polar surface area (TPSA) is 79.3 Å². The van der Waals surface area contributed by atoms with Gasteiger partial charge in [-0.05, 0) is 24.4 Å². The lowest BCUT2D eigenvalue weighted by Gasteiger charge is -2.29. The lowest BCUT2D eigenvalue weighted by molar-refractivity contribution is -0.144. The number of esters is 1. The van der Waals surface area contributed by atoms with Crippen LogP contribution in [-0.2, 0) is 27.2 Å². The molecule has 25 heavy (non-hydrogen) atoms. The first-order chi connectivity index (χ1) is 12.0. The molecule has 2 heterocycles. The van der Waals surface area contributed by atoms with Gasteiger partial charge in [0.05, 0.1) is 7.11 Å². The van der Waals surface area contributed by atoms with Gasteiger partial charge in [-0.2, -0.15) is 0 Å². The van der Waals surface area contributed by atoms with Crippen LogP contribution in [0.2, 0.25) is 6.82 Å². The average molecular weight is 346 g/mol. The van der Waals surface area contributed by atoms with Crippen molar-refractivity contribution in [2.24, 2.45) is 0 Å². The summed E-state index contributed by atoms with van der Waals surface area (Å²) in [4.78, 5) is 27.6.